The van der Waals surface area contributed by atoms with Gasteiger partial charge in [-0.25, -0.2) is 15.0 Å². The lowest BCUT2D eigenvalue weighted by Gasteiger charge is -2.12. The van der Waals surface area contributed by atoms with Crippen LogP contribution in [0, 0.1) is 0 Å². The highest BCUT2D eigenvalue weighted by Crippen LogP contribution is 2.36. The van der Waals surface area contributed by atoms with E-state index in [2.05, 4.69) is 56.7 Å². The van der Waals surface area contributed by atoms with Crippen LogP contribution in [0.4, 0.5) is 5.95 Å². The number of aromatic amines is 1. The monoisotopic (exact) mass is 415 g/mol. The van der Waals surface area contributed by atoms with Gasteiger partial charge in [0.05, 0.1) is 5.69 Å². The summed E-state index contributed by atoms with van der Waals surface area (Å²) in [5.74, 6) is 0.711. The molecular formula is C24H25N5S. The predicted molar refractivity (Wildman–Crippen MR) is 128 cm³/mol. The predicted octanol–water partition coefficient (Wildman–Crippen LogP) is 6.75. The van der Waals surface area contributed by atoms with Crippen molar-refractivity contribution in [3.8, 4) is 21.7 Å². The molecule has 4 heterocycles. The third kappa shape index (κ3) is 3.13. The topological polar surface area (TPSA) is 66.5 Å². The molecule has 0 saturated heterocycles. The number of anilines is 1. The van der Waals surface area contributed by atoms with Crippen LogP contribution in [0.25, 0.3) is 42.8 Å². The molecular weight excluding hydrogens is 390 g/mol. The number of benzene rings is 1. The number of rotatable bonds is 4. The Hall–Kier alpha value is -3.25. The summed E-state index contributed by atoms with van der Waals surface area (Å²) in [6.07, 6.45) is 10.7. The van der Waals surface area contributed by atoms with Crippen molar-refractivity contribution >= 4 is 38.4 Å². The SMILES string of the molecule is [HH].[HH].c1ccc2sc(-c3cnc4[nH]cc(-c5ccnc(NC6CCCC6)n5)c4c3)cc2c1. The van der Waals surface area contributed by atoms with E-state index in [-0.39, 0.29) is 2.85 Å². The first kappa shape index (κ1) is 17.6. The van der Waals surface area contributed by atoms with Crippen LogP contribution in [-0.4, -0.2) is 26.0 Å². The van der Waals surface area contributed by atoms with Crippen molar-refractivity contribution < 1.29 is 2.85 Å². The molecule has 5 aromatic rings. The molecule has 152 valence electrons. The van der Waals surface area contributed by atoms with Gasteiger partial charge in [0.1, 0.15) is 5.65 Å². The average molecular weight is 416 g/mol. The van der Waals surface area contributed by atoms with Crippen molar-refractivity contribution in [2.45, 2.75) is 31.7 Å². The van der Waals surface area contributed by atoms with E-state index in [1.807, 2.05) is 24.7 Å². The number of H-pyrrole nitrogens is 1. The van der Waals surface area contributed by atoms with Crippen molar-refractivity contribution in [3.63, 3.8) is 0 Å². The van der Waals surface area contributed by atoms with Gasteiger partial charge in [-0.3, -0.25) is 0 Å². The lowest BCUT2D eigenvalue weighted by atomic mass is 10.1. The summed E-state index contributed by atoms with van der Waals surface area (Å²) in [5.41, 5.74) is 3.96. The second-order valence-electron chi connectivity index (χ2n) is 7.86. The lowest BCUT2D eigenvalue weighted by Crippen LogP contribution is -2.16. The van der Waals surface area contributed by atoms with Crippen molar-refractivity contribution in [1.82, 2.24) is 19.9 Å². The quantitative estimate of drug-likeness (QED) is 0.341. The molecule has 6 heteroatoms. The molecule has 1 aliphatic carbocycles. The van der Waals surface area contributed by atoms with Gasteiger partial charge in [-0.2, -0.15) is 0 Å². The average Bonchev–Trinajstić information content (AvgIpc) is 3.52. The minimum atomic E-state index is 0. The molecule has 6 rings (SSSR count). The number of nitrogens with zero attached hydrogens (tertiary/aromatic N) is 3. The van der Waals surface area contributed by atoms with Crippen LogP contribution < -0.4 is 5.32 Å². The van der Waals surface area contributed by atoms with Gasteiger partial charge in [0.2, 0.25) is 5.95 Å². The third-order valence-corrected chi connectivity index (χ3v) is 7.03. The molecule has 2 N–H and O–H groups in total. The van der Waals surface area contributed by atoms with E-state index in [0.717, 1.165) is 27.9 Å². The number of pyridine rings is 1. The summed E-state index contributed by atoms with van der Waals surface area (Å²) in [5, 5.41) is 5.84. The van der Waals surface area contributed by atoms with Crippen LogP contribution in [0.3, 0.4) is 0 Å². The molecule has 1 aliphatic rings. The maximum atomic E-state index is 4.80. The molecule has 0 unspecified atom stereocenters. The molecule has 1 fully saturated rings. The molecule has 0 amide bonds. The summed E-state index contributed by atoms with van der Waals surface area (Å²) in [6.45, 7) is 0. The number of nitrogens with one attached hydrogen (secondary N) is 2. The molecule has 0 bridgehead atoms. The molecule has 0 spiro atoms. The van der Waals surface area contributed by atoms with Crippen LogP contribution in [0.5, 0.6) is 0 Å². The molecule has 0 atom stereocenters. The van der Waals surface area contributed by atoms with Crippen molar-refractivity contribution in [2.24, 2.45) is 0 Å². The van der Waals surface area contributed by atoms with Gasteiger partial charge in [0.25, 0.3) is 0 Å². The van der Waals surface area contributed by atoms with Crippen LogP contribution in [-0.2, 0) is 0 Å². The van der Waals surface area contributed by atoms with Gasteiger partial charge in [0, 0.05) is 53.6 Å². The highest BCUT2D eigenvalue weighted by Gasteiger charge is 2.17. The van der Waals surface area contributed by atoms with Crippen molar-refractivity contribution in [3.05, 3.63) is 61.1 Å². The lowest BCUT2D eigenvalue weighted by molar-refractivity contribution is 0.744. The molecule has 1 saturated carbocycles. The first-order chi connectivity index (χ1) is 14.8. The Morgan fingerprint density at radius 3 is 2.87 bits per heavy atom. The smallest absolute Gasteiger partial charge is 0.223 e. The Balaban J connectivity index is 0.00000122. The van der Waals surface area contributed by atoms with Gasteiger partial charge >= 0.3 is 0 Å². The van der Waals surface area contributed by atoms with Crippen LogP contribution in [0.15, 0.2) is 61.1 Å². The standard InChI is InChI=1S/C24H21N5S.2H2/c1-4-8-21-15(5-1)12-22(30-21)16-11-18-19(14-27-23(18)26-13-16)20-9-10-25-24(29-20)28-17-6-2-3-7-17;;/h1,4-5,8-14,17H,2-3,6-7H2,(H,26,27)(H,25,28,29);2*1H. The van der Waals surface area contributed by atoms with E-state index >= 15 is 0 Å². The van der Waals surface area contributed by atoms with E-state index in [9.17, 15) is 0 Å². The largest absolute Gasteiger partial charge is 0.351 e. The van der Waals surface area contributed by atoms with Crippen molar-refractivity contribution in [1.29, 1.82) is 0 Å². The number of aromatic nitrogens is 4. The first-order valence-electron chi connectivity index (χ1n) is 10.4. The Labute approximate surface area is 181 Å². The molecule has 30 heavy (non-hydrogen) atoms. The van der Waals surface area contributed by atoms with E-state index < -0.39 is 0 Å². The minimum absolute atomic E-state index is 0. The number of thiophene rings is 1. The fraction of sp³-hybridized carbons (Fsp3) is 0.208. The highest BCUT2D eigenvalue weighted by atomic mass is 32.1. The van der Waals surface area contributed by atoms with Gasteiger partial charge in [0.15, 0.2) is 0 Å². The third-order valence-electron chi connectivity index (χ3n) is 5.86. The number of hydrogen-bond acceptors (Lipinski definition) is 5. The van der Waals surface area contributed by atoms with Gasteiger partial charge in [-0.1, -0.05) is 31.0 Å². The zero-order valence-corrected chi connectivity index (χ0v) is 17.2. The summed E-state index contributed by atoms with van der Waals surface area (Å²) in [6, 6.07) is 15.4. The van der Waals surface area contributed by atoms with Crippen LogP contribution in [0.2, 0.25) is 0 Å². The van der Waals surface area contributed by atoms with Crippen LogP contribution in [0.1, 0.15) is 28.5 Å². The van der Waals surface area contributed by atoms with Gasteiger partial charge in [-0.05, 0) is 42.5 Å². The summed E-state index contributed by atoms with van der Waals surface area (Å²) >= 11 is 1.80. The zero-order chi connectivity index (χ0) is 19.9. The number of hydrogen-bond donors (Lipinski definition) is 2. The molecule has 4 aromatic heterocycles. The van der Waals surface area contributed by atoms with Gasteiger partial charge < -0.3 is 10.3 Å². The first-order valence-corrected chi connectivity index (χ1v) is 11.2. The van der Waals surface area contributed by atoms with Crippen LogP contribution >= 0.6 is 11.3 Å². The summed E-state index contributed by atoms with van der Waals surface area (Å²) < 4.78 is 1.29. The molecule has 0 aliphatic heterocycles. The normalized spacial score (nSPS) is 14.7. The Kier molecular flexibility index (Phi) is 4.23. The molecule has 0 radical (unpaired) electrons. The Morgan fingerprint density at radius 2 is 1.97 bits per heavy atom. The fourth-order valence-corrected chi connectivity index (χ4v) is 5.35. The van der Waals surface area contributed by atoms with E-state index in [1.54, 1.807) is 11.3 Å². The maximum absolute atomic E-state index is 4.80. The van der Waals surface area contributed by atoms with E-state index in [4.69, 9.17) is 4.98 Å². The highest BCUT2D eigenvalue weighted by molar-refractivity contribution is 7.22. The molecule has 5 nitrogen and oxygen atoms in total. The minimum Gasteiger partial charge on any atom is -0.351 e. The Morgan fingerprint density at radius 1 is 1.07 bits per heavy atom. The summed E-state index contributed by atoms with van der Waals surface area (Å²) in [7, 11) is 0. The van der Waals surface area contributed by atoms with Gasteiger partial charge in [-0.15, -0.1) is 11.3 Å². The second kappa shape index (κ2) is 7.22. The molecule has 1 aromatic carbocycles. The second-order valence-corrected chi connectivity index (χ2v) is 8.95. The Bertz CT molecular complexity index is 1320. The number of fused-ring (bicyclic) bond motifs is 2. The zero-order valence-electron chi connectivity index (χ0n) is 16.4. The van der Waals surface area contributed by atoms with E-state index in [0.29, 0.717) is 12.0 Å². The van der Waals surface area contributed by atoms with E-state index in [1.165, 1.54) is 40.6 Å². The fourth-order valence-electron chi connectivity index (χ4n) is 4.31. The van der Waals surface area contributed by atoms with Crippen molar-refractivity contribution in [2.75, 3.05) is 5.32 Å². The maximum Gasteiger partial charge on any atom is 0.223 e. The summed E-state index contributed by atoms with van der Waals surface area (Å²) in [4.78, 5) is 18.4.